The van der Waals surface area contributed by atoms with Crippen LogP contribution in [0.3, 0.4) is 0 Å². The van der Waals surface area contributed by atoms with Crippen LogP contribution in [0, 0.1) is 11.8 Å². The summed E-state index contributed by atoms with van der Waals surface area (Å²) in [6, 6.07) is 3.51. The van der Waals surface area contributed by atoms with Crippen LogP contribution in [0.5, 0.6) is 0 Å². The molecule has 1 atom stereocenters. The minimum atomic E-state index is -3.38. The third kappa shape index (κ3) is 3.88. The smallest absolute Gasteiger partial charge is 0.252 e. The fourth-order valence-corrected chi connectivity index (χ4v) is 5.02. The molecule has 1 fully saturated rings. The molecule has 22 heavy (non-hydrogen) atoms. The highest BCUT2D eigenvalue weighted by Gasteiger charge is 2.32. The molecule has 1 aromatic rings. The van der Waals surface area contributed by atoms with E-state index in [9.17, 15) is 13.2 Å². The molecule has 124 valence electrons. The second-order valence-electron chi connectivity index (χ2n) is 6.15. The van der Waals surface area contributed by atoms with Gasteiger partial charge in [0.1, 0.15) is 4.21 Å². The van der Waals surface area contributed by atoms with E-state index in [2.05, 4.69) is 19.2 Å². The van der Waals surface area contributed by atoms with Crippen LogP contribution >= 0.6 is 11.3 Å². The van der Waals surface area contributed by atoms with E-state index in [1.165, 1.54) is 15.6 Å². The van der Waals surface area contributed by atoms with Gasteiger partial charge in [0.15, 0.2) is 0 Å². The molecule has 1 aliphatic heterocycles. The predicted molar refractivity (Wildman–Crippen MR) is 88.2 cm³/mol. The van der Waals surface area contributed by atoms with E-state index in [1.807, 2.05) is 6.92 Å². The summed E-state index contributed by atoms with van der Waals surface area (Å²) in [6.45, 7) is 6.96. The van der Waals surface area contributed by atoms with Crippen molar-refractivity contribution >= 4 is 27.3 Å². The zero-order chi connectivity index (χ0) is 16.3. The molecule has 1 saturated heterocycles. The fourth-order valence-electron chi connectivity index (χ4n) is 2.40. The second-order valence-corrected chi connectivity index (χ2v) is 9.26. The van der Waals surface area contributed by atoms with Gasteiger partial charge in [-0.2, -0.15) is 4.31 Å². The molecule has 0 radical (unpaired) electrons. The number of carbonyl (C=O) groups excluding carboxylic acids is 1. The predicted octanol–water partition coefficient (Wildman–Crippen LogP) is 2.31. The summed E-state index contributed by atoms with van der Waals surface area (Å²) in [5.41, 5.74) is 0. The lowest BCUT2D eigenvalue weighted by Crippen LogP contribution is -2.45. The van der Waals surface area contributed by atoms with E-state index >= 15 is 0 Å². The maximum absolute atomic E-state index is 12.4. The maximum atomic E-state index is 12.4. The Labute approximate surface area is 136 Å². The topological polar surface area (TPSA) is 66.5 Å². The largest absolute Gasteiger partial charge is 0.353 e. The SMILES string of the molecule is CC(C)C(C)NC(=O)C1CCN(S(=O)(=O)c2cccs2)CC1. The highest BCUT2D eigenvalue weighted by Crippen LogP contribution is 2.26. The Bertz CT molecular complexity index is 588. The Kier molecular flexibility index (Phi) is 5.63. The zero-order valence-electron chi connectivity index (χ0n) is 13.3. The van der Waals surface area contributed by atoms with Crippen molar-refractivity contribution in [3.05, 3.63) is 17.5 Å². The van der Waals surface area contributed by atoms with Crippen LogP contribution in [0.25, 0.3) is 0 Å². The van der Waals surface area contributed by atoms with Crippen LogP contribution in [0.4, 0.5) is 0 Å². The number of amides is 1. The Hall–Kier alpha value is -0.920. The first-order valence-electron chi connectivity index (χ1n) is 7.66. The van der Waals surface area contributed by atoms with Gasteiger partial charge in [-0.15, -0.1) is 11.3 Å². The minimum Gasteiger partial charge on any atom is -0.353 e. The minimum absolute atomic E-state index is 0.0503. The van der Waals surface area contributed by atoms with E-state index in [-0.39, 0.29) is 17.9 Å². The van der Waals surface area contributed by atoms with Crippen LogP contribution in [0.1, 0.15) is 33.6 Å². The van der Waals surface area contributed by atoms with Crippen LogP contribution in [-0.4, -0.2) is 37.8 Å². The van der Waals surface area contributed by atoms with E-state index < -0.39 is 10.0 Å². The van der Waals surface area contributed by atoms with Gasteiger partial charge in [0.25, 0.3) is 10.0 Å². The number of nitrogens with zero attached hydrogens (tertiary/aromatic N) is 1. The summed E-state index contributed by atoms with van der Waals surface area (Å²) in [5, 5.41) is 4.79. The number of piperidine rings is 1. The Morgan fingerprint density at radius 3 is 2.45 bits per heavy atom. The van der Waals surface area contributed by atoms with Crippen LogP contribution < -0.4 is 5.32 Å². The summed E-state index contributed by atoms with van der Waals surface area (Å²) in [5.74, 6) is 0.355. The summed E-state index contributed by atoms with van der Waals surface area (Å²) in [6.07, 6.45) is 1.17. The third-order valence-electron chi connectivity index (χ3n) is 4.28. The van der Waals surface area contributed by atoms with Crippen LogP contribution in [0.2, 0.25) is 0 Å². The molecule has 1 N–H and O–H groups in total. The molecule has 5 nitrogen and oxygen atoms in total. The lowest BCUT2D eigenvalue weighted by atomic mass is 9.96. The van der Waals surface area contributed by atoms with E-state index in [4.69, 9.17) is 0 Å². The molecule has 2 rings (SSSR count). The summed E-state index contributed by atoms with van der Waals surface area (Å²) < 4.78 is 26.7. The van der Waals surface area contributed by atoms with Crippen molar-refractivity contribution in [1.82, 2.24) is 9.62 Å². The van der Waals surface area contributed by atoms with E-state index in [1.54, 1.807) is 17.5 Å². The lowest BCUT2D eigenvalue weighted by Gasteiger charge is -2.31. The number of carbonyl (C=O) groups is 1. The normalized spacial score (nSPS) is 19.3. The molecule has 0 saturated carbocycles. The van der Waals surface area contributed by atoms with Gasteiger partial charge in [-0.25, -0.2) is 8.42 Å². The lowest BCUT2D eigenvalue weighted by molar-refractivity contribution is -0.127. The molecule has 0 aromatic carbocycles. The zero-order valence-corrected chi connectivity index (χ0v) is 14.9. The molecular formula is C15H24N2O3S2. The average molecular weight is 345 g/mol. The number of hydrogen-bond acceptors (Lipinski definition) is 4. The summed E-state index contributed by atoms with van der Waals surface area (Å²) in [4.78, 5) is 12.2. The first kappa shape index (κ1) is 17.4. The summed E-state index contributed by atoms with van der Waals surface area (Å²) in [7, 11) is -3.38. The van der Waals surface area contributed by atoms with Gasteiger partial charge in [-0.1, -0.05) is 19.9 Å². The van der Waals surface area contributed by atoms with Crippen molar-refractivity contribution in [2.24, 2.45) is 11.8 Å². The standard InChI is InChI=1S/C15H24N2O3S2/c1-11(2)12(3)16-15(18)13-6-8-17(9-7-13)22(19,20)14-5-4-10-21-14/h4-5,10-13H,6-9H2,1-3H3,(H,16,18). The molecule has 0 aliphatic carbocycles. The number of sulfonamides is 1. The highest BCUT2D eigenvalue weighted by atomic mass is 32.2. The average Bonchev–Trinajstić information content (AvgIpc) is 3.02. The summed E-state index contributed by atoms with van der Waals surface area (Å²) >= 11 is 1.23. The van der Waals surface area contributed by atoms with E-state index in [0.717, 1.165) is 0 Å². The van der Waals surface area contributed by atoms with Crippen molar-refractivity contribution in [3.8, 4) is 0 Å². The Morgan fingerprint density at radius 1 is 1.32 bits per heavy atom. The number of thiophene rings is 1. The van der Waals surface area contributed by atoms with Gasteiger partial charge in [-0.3, -0.25) is 4.79 Å². The number of nitrogens with one attached hydrogen (secondary N) is 1. The molecule has 0 spiro atoms. The second kappa shape index (κ2) is 7.10. The first-order valence-corrected chi connectivity index (χ1v) is 9.98. The molecular weight excluding hydrogens is 320 g/mol. The first-order chi connectivity index (χ1) is 10.3. The van der Waals surface area contributed by atoms with Gasteiger partial charge in [0.2, 0.25) is 5.91 Å². The van der Waals surface area contributed by atoms with Gasteiger partial charge in [-0.05, 0) is 37.1 Å². The monoisotopic (exact) mass is 344 g/mol. The van der Waals surface area contributed by atoms with Crippen molar-refractivity contribution < 1.29 is 13.2 Å². The molecule has 2 heterocycles. The van der Waals surface area contributed by atoms with Gasteiger partial charge in [0, 0.05) is 25.0 Å². The van der Waals surface area contributed by atoms with Gasteiger partial charge < -0.3 is 5.32 Å². The van der Waals surface area contributed by atoms with Gasteiger partial charge in [0.05, 0.1) is 0 Å². The van der Waals surface area contributed by atoms with Crippen LogP contribution in [0.15, 0.2) is 21.7 Å². The number of rotatable bonds is 5. The molecule has 1 unspecified atom stereocenters. The van der Waals surface area contributed by atoms with Gasteiger partial charge >= 0.3 is 0 Å². The van der Waals surface area contributed by atoms with Crippen molar-refractivity contribution in [2.75, 3.05) is 13.1 Å². The molecule has 1 aliphatic rings. The molecule has 0 bridgehead atoms. The van der Waals surface area contributed by atoms with Crippen molar-refractivity contribution in [3.63, 3.8) is 0 Å². The molecule has 1 amide bonds. The fraction of sp³-hybridized carbons (Fsp3) is 0.667. The Balaban J connectivity index is 1.92. The van der Waals surface area contributed by atoms with Crippen molar-refractivity contribution in [1.29, 1.82) is 0 Å². The molecule has 7 heteroatoms. The third-order valence-corrected chi connectivity index (χ3v) is 7.56. The highest BCUT2D eigenvalue weighted by molar-refractivity contribution is 7.91. The maximum Gasteiger partial charge on any atom is 0.252 e. The van der Waals surface area contributed by atoms with Crippen LogP contribution in [-0.2, 0) is 14.8 Å². The van der Waals surface area contributed by atoms with Crippen molar-refractivity contribution in [2.45, 2.75) is 43.9 Å². The van der Waals surface area contributed by atoms with E-state index in [0.29, 0.717) is 36.1 Å². The molecule has 1 aromatic heterocycles. The number of hydrogen-bond donors (Lipinski definition) is 1. The quantitative estimate of drug-likeness (QED) is 0.891. The Morgan fingerprint density at radius 2 is 1.95 bits per heavy atom.